The first-order chi connectivity index (χ1) is 15.7. The standard InChI is InChI=1S/C22H17Cl2N5O3S/c23-11-3-6-13(15(24)8-11)18-14-9-17(33-21(14)29-22(26)28-18)20(32)27-16(19(25)31)7-10-1-4-12(30)5-2-10/h1-6,8-9,16,30H,7H2,(H2,25,31)(H,27,32)(H2,26,28,29)/t16-/m0/s1. The number of nitrogens with one attached hydrogen (secondary N) is 1. The van der Waals surface area contributed by atoms with Gasteiger partial charge in [-0.3, -0.25) is 9.59 Å². The van der Waals surface area contributed by atoms with Crippen LogP contribution in [0.3, 0.4) is 0 Å². The van der Waals surface area contributed by atoms with E-state index in [1.54, 1.807) is 36.4 Å². The van der Waals surface area contributed by atoms with E-state index in [0.29, 0.717) is 36.4 Å². The minimum Gasteiger partial charge on any atom is -0.508 e. The first kappa shape index (κ1) is 22.8. The number of primary amides is 1. The van der Waals surface area contributed by atoms with Gasteiger partial charge >= 0.3 is 0 Å². The number of nitrogen functional groups attached to an aromatic ring is 1. The number of hydrogen-bond acceptors (Lipinski definition) is 7. The largest absolute Gasteiger partial charge is 0.508 e. The average Bonchev–Trinajstić information content (AvgIpc) is 3.18. The molecule has 0 aliphatic rings. The van der Waals surface area contributed by atoms with E-state index in [0.717, 1.165) is 16.9 Å². The summed E-state index contributed by atoms with van der Waals surface area (Å²) in [6.07, 6.45) is 0.171. The fourth-order valence-corrected chi connectivity index (χ4v) is 4.70. The summed E-state index contributed by atoms with van der Waals surface area (Å²) in [6.45, 7) is 0. The summed E-state index contributed by atoms with van der Waals surface area (Å²) in [6, 6.07) is 11.9. The van der Waals surface area contributed by atoms with Crippen molar-refractivity contribution in [2.45, 2.75) is 12.5 Å². The Morgan fingerprint density at radius 3 is 2.48 bits per heavy atom. The molecule has 0 saturated heterocycles. The smallest absolute Gasteiger partial charge is 0.262 e. The third kappa shape index (κ3) is 5.00. The topological polar surface area (TPSA) is 144 Å². The van der Waals surface area contributed by atoms with Crippen LogP contribution in [0.25, 0.3) is 21.5 Å². The van der Waals surface area contributed by atoms with Crippen LogP contribution in [0.15, 0.2) is 48.5 Å². The number of fused-ring (bicyclic) bond motifs is 1. The van der Waals surface area contributed by atoms with E-state index in [-0.39, 0.29) is 18.1 Å². The first-order valence-electron chi connectivity index (χ1n) is 9.62. The van der Waals surface area contributed by atoms with E-state index in [2.05, 4.69) is 15.3 Å². The van der Waals surface area contributed by atoms with Crippen molar-refractivity contribution in [1.29, 1.82) is 0 Å². The number of hydrogen-bond donors (Lipinski definition) is 4. The van der Waals surface area contributed by atoms with E-state index in [1.807, 2.05) is 0 Å². The minimum absolute atomic E-state index is 0.0275. The maximum absolute atomic E-state index is 12.9. The van der Waals surface area contributed by atoms with Crippen LogP contribution in [-0.2, 0) is 11.2 Å². The lowest BCUT2D eigenvalue weighted by atomic mass is 10.1. The predicted molar refractivity (Wildman–Crippen MR) is 130 cm³/mol. The number of nitrogens with zero attached hydrogens (tertiary/aromatic N) is 2. The Morgan fingerprint density at radius 1 is 1.09 bits per heavy atom. The number of rotatable bonds is 6. The number of phenolic OH excluding ortho intramolecular Hbond substituents is 1. The van der Waals surface area contributed by atoms with Gasteiger partial charge in [-0.1, -0.05) is 35.3 Å². The molecular formula is C22H17Cl2N5O3S. The highest BCUT2D eigenvalue weighted by Gasteiger charge is 2.23. The molecule has 11 heteroatoms. The zero-order valence-corrected chi connectivity index (χ0v) is 19.2. The summed E-state index contributed by atoms with van der Waals surface area (Å²) in [4.78, 5) is 34.2. The van der Waals surface area contributed by atoms with E-state index in [1.165, 1.54) is 12.1 Å². The van der Waals surface area contributed by atoms with Crippen LogP contribution in [-0.4, -0.2) is 32.9 Å². The van der Waals surface area contributed by atoms with Gasteiger partial charge in [-0.15, -0.1) is 11.3 Å². The number of nitrogens with two attached hydrogens (primary N) is 2. The van der Waals surface area contributed by atoms with Gasteiger partial charge in [-0.2, -0.15) is 0 Å². The molecular weight excluding hydrogens is 485 g/mol. The second kappa shape index (κ2) is 9.22. The van der Waals surface area contributed by atoms with Gasteiger partial charge in [-0.25, -0.2) is 9.97 Å². The molecule has 0 aliphatic heterocycles. The van der Waals surface area contributed by atoms with Crippen LogP contribution in [0.1, 0.15) is 15.2 Å². The number of benzene rings is 2. The fraction of sp³-hybridized carbons (Fsp3) is 0.0909. The second-order valence-corrected chi connectivity index (χ2v) is 9.06. The van der Waals surface area contributed by atoms with Gasteiger partial charge in [0.25, 0.3) is 5.91 Å². The summed E-state index contributed by atoms with van der Waals surface area (Å²) in [7, 11) is 0. The Kier molecular flexibility index (Phi) is 6.37. The maximum Gasteiger partial charge on any atom is 0.262 e. The summed E-state index contributed by atoms with van der Waals surface area (Å²) >= 11 is 13.4. The Labute approximate surface area is 202 Å². The third-order valence-corrected chi connectivity index (χ3v) is 6.42. The Hall–Kier alpha value is -3.40. The predicted octanol–water partition coefficient (Wildman–Crippen LogP) is 3.78. The number of thiophene rings is 1. The van der Waals surface area contributed by atoms with Crippen LogP contribution in [0.4, 0.5) is 5.95 Å². The Morgan fingerprint density at radius 2 is 1.82 bits per heavy atom. The van der Waals surface area contributed by atoms with Crippen molar-refractivity contribution in [1.82, 2.24) is 15.3 Å². The normalized spacial score (nSPS) is 11.9. The number of phenols is 1. The van der Waals surface area contributed by atoms with Crippen molar-refractivity contribution in [2.75, 3.05) is 5.73 Å². The van der Waals surface area contributed by atoms with Crippen molar-refractivity contribution in [3.8, 4) is 17.0 Å². The van der Waals surface area contributed by atoms with Crippen molar-refractivity contribution < 1.29 is 14.7 Å². The highest BCUT2D eigenvalue weighted by molar-refractivity contribution is 7.20. The third-order valence-electron chi connectivity index (χ3n) is 4.85. The van der Waals surface area contributed by atoms with E-state index < -0.39 is 17.9 Å². The molecule has 0 spiro atoms. The molecule has 8 nitrogen and oxygen atoms in total. The van der Waals surface area contributed by atoms with Crippen molar-refractivity contribution >= 4 is 62.5 Å². The van der Waals surface area contributed by atoms with Gasteiger partial charge in [0.1, 0.15) is 16.6 Å². The zero-order valence-electron chi connectivity index (χ0n) is 16.9. The molecule has 2 aromatic heterocycles. The van der Waals surface area contributed by atoms with Crippen molar-refractivity contribution in [3.63, 3.8) is 0 Å². The molecule has 2 aromatic carbocycles. The van der Waals surface area contributed by atoms with Gasteiger partial charge in [0.05, 0.1) is 15.6 Å². The second-order valence-electron chi connectivity index (χ2n) is 7.18. The number of aromatic hydroxyl groups is 1. The molecule has 0 fully saturated rings. The average molecular weight is 502 g/mol. The molecule has 4 rings (SSSR count). The molecule has 0 saturated carbocycles. The number of carbonyl (C=O) groups is 2. The number of halogens is 2. The minimum atomic E-state index is -0.950. The highest BCUT2D eigenvalue weighted by atomic mass is 35.5. The number of aromatic nitrogens is 2. The Balaban J connectivity index is 1.65. The van der Waals surface area contributed by atoms with Crippen molar-refractivity contribution in [3.05, 3.63) is 69.0 Å². The lowest BCUT2D eigenvalue weighted by Gasteiger charge is -2.15. The van der Waals surface area contributed by atoms with Crippen molar-refractivity contribution in [2.24, 2.45) is 5.73 Å². The SMILES string of the molecule is NC(=O)[C@H](Cc1ccc(O)cc1)NC(=O)c1cc2c(-c3ccc(Cl)cc3Cl)nc(N)nc2s1. The van der Waals surface area contributed by atoms with Gasteiger partial charge in [0.15, 0.2) is 0 Å². The van der Waals surface area contributed by atoms with Gasteiger partial charge in [0, 0.05) is 22.4 Å². The zero-order chi connectivity index (χ0) is 23.7. The molecule has 4 aromatic rings. The monoisotopic (exact) mass is 501 g/mol. The fourth-order valence-electron chi connectivity index (χ4n) is 3.26. The first-order valence-corrected chi connectivity index (χ1v) is 11.2. The number of anilines is 1. The molecule has 0 radical (unpaired) electrons. The van der Waals surface area contributed by atoms with Gasteiger partial charge < -0.3 is 21.9 Å². The summed E-state index contributed by atoms with van der Waals surface area (Å²) in [5.74, 6) is -1.05. The summed E-state index contributed by atoms with van der Waals surface area (Å²) in [5, 5.41) is 13.5. The summed E-state index contributed by atoms with van der Waals surface area (Å²) < 4.78 is 0. The molecule has 168 valence electrons. The molecule has 0 unspecified atom stereocenters. The van der Waals surface area contributed by atoms with Gasteiger partial charge in [-0.05, 0) is 42.0 Å². The van der Waals surface area contributed by atoms with E-state index >= 15 is 0 Å². The van der Waals surface area contributed by atoms with E-state index in [9.17, 15) is 14.7 Å². The quantitative estimate of drug-likeness (QED) is 0.316. The molecule has 1 atom stereocenters. The molecule has 33 heavy (non-hydrogen) atoms. The van der Waals surface area contributed by atoms with Crippen LogP contribution >= 0.6 is 34.5 Å². The van der Waals surface area contributed by atoms with Gasteiger partial charge in [0.2, 0.25) is 11.9 Å². The van der Waals surface area contributed by atoms with Crippen LogP contribution < -0.4 is 16.8 Å². The molecule has 0 aliphatic carbocycles. The maximum atomic E-state index is 12.9. The van der Waals surface area contributed by atoms with Crippen LogP contribution in [0.5, 0.6) is 5.75 Å². The number of carbonyl (C=O) groups excluding carboxylic acids is 2. The number of amides is 2. The Bertz CT molecular complexity index is 1370. The molecule has 6 N–H and O–H groups in total. The van der Waals surface area contributed by atoms with Crippen LogP contribution in [0.2, 0.25) is 10.0 Å². The lowest BCUT2D eigenvalue weighted by Crippen LogP contribution is -2.45. The molecule has 2 amide bonds. The molecule has 0 bridgehead atoms. The van der Waals surface area contributed by atoms with E-state index in [4.69, 9.17) is 34.7 Å². The summed E-state index contributed by atoms with van der Waals surface area (Å²) in [5.41, 5.74) is 13.2. The highest BCUT2D eigenvalue weighted by Crippen LogP contribution is 2.36. The lowest BCUT2D eigenvalue weighted by molar-refractivity contribution is -0.119. The molecule has 2 heterocycles. The van der Waals surface area contributed by atoms with Crippen LogP contribution in [0, 0.1) is 0 Å².